The van der Waals surface area contributed by atoms with Crippen molar-refractivity contribution in [2.24, 2.45) is 0 Å². The van der Waals surface area contributed by atoms with Crippen LogP contribution in [0.3, 0.4) is 0 Å². The highest BCUT2D eigenvalue weighted by atomic mass is 32.1. The molecule has 0 aliphatic carbocycles. The van der Waals surface area contributed by atoms with E-state index in [1.807, 2.05) is 11.6 Å². The molecule has 2 heterocycles. The molecule has 2 aromatic rings. The molecule has 0 saturated heterocycles. The van der Waals surface area contributed by atoms with Crippen LogP contribution < -0.4 is 11.1 Å². The van der Waals surface area contributed by atoms with E-state index in [1.54, 1.807) is 23.7 Å². The quantitative estimate of drug-likeness (QED) is 0.844. The summed E-state index contributed by atoms with van der Waals surface area (Å²) < 4.78 is 0. The molecule has 16 heavy (non-hydrogen) atoms. The van der Waals surface area contributed by atoms with E-state index in [1.165, 1.54) is 0 Å². The molecule has 2 rings (SSSR count). The zero-order valence-electron chi connectivity index (χ0n) is 8.92. The first-order valence-corrected chi connectivity index (χ1v) is 5.85. The molecule has 1 unspecified atom stereocenters. The Bertz CT molecular complexity index is 442. The summed E-state index contributed by atoms with van der Waals surface area (Å²) in [4.78, 5) is 12.3. The first kappa shape index (κ1) is 10.8. The zero-order valence-corrected chi connectivity index (χ0v) is 9.74. The van der Waals surface area contributed by atoms with Crippen molar-refractivity contribution in [1.29, 1.82) is 0 Å². The van der Waals surface area contributed by atoms with Gasteiger partial charge in [0.25, 0.3) is 0 Å². The minimum absolute atomic E-state index is 0.335. The Hall–Kier alpha value is -1.69. The number of nitrogens with zero attached hydrogens (tertiary/aromatic N) is 3. The normalized spacial score (nSPS) is 12.3. The van der Waals surface area contributed by atoms with Gasteiger partial charge in [0.2, 0.25) is 0 Å². The lowest BCUT2D eigenvalue weighted by molar-refractivity contribution is 0.791. The van der Waals surface area contributed by atoms with E-state index >= 15 is 0 Å². The van der Waals surface area contributed by atoms with Crippen molar-refractivity contribution in [2.45, 2.75) is 12.8 Å². The fraction of sp³-hybridized carbons (Fsp3) is 0.300. The Labute approximate surface area is 97.8 Å². The van der Waals surface area contributed by atoms with Crippen molar-refractivity contribution in [3.8, 4) is 0 Å². The fourth-order valence-corrected chi connectivity index (χ4v) is 2.00. The number of rotatable bonds is 4. The standard InChI is InChI=1S/C10H13N5S/c1-7(10-14-4-5-16-10)6-15-9-8(11)12-2-3-13-9/h2-5,7H,6H2,1H3,(H2,11,12)(H,13,15). The van der Waals surface area contributed by atoms with Gasteiger partial charge in [-0.3, -0.25) is 0 Å². The summed E-state index contributed by atoms with van der Waals surface area (Å²) in [6.45, 7) is 2.86. The van der Waals surface area contributed by atoms with Crippen LogP contribution in [0.25, 0.3) is 0 Å². The van der Waals surface area contributed by atoms with E-state index in [0.717, 1.165) is 11.6 Å². The molecular weight excluding hydrogens is 222 g/mol. The summed E-state index contributed by atoms with van der Waals surface area (Å²) in [5.41, 5.74) is 5.68. The molecule has 6 heteroatoms. The number of nitrogen functional groups attached to an aromatic ring is 1. The van der Waals surface area contributed by atoms with Crippen LogP contribution in [0.4, 0.5) is 11.6 Å². The van der Waals surface area contributed by atoms with Crippen LogP contribution in [0, 0.1) is 0 Å². The maximum Gasteiger partial charge on any atom is 0.168 e. The van der Waals surface area contributed by atoms with Crippen LogP contribution in [0.5, 0.6) is 0 Å². The van der Waals surface area contributed by atoms with Gasteiger partial charge in [-0.1, -0.05) is 6.92 Å². The largest absolute Gasteiger partial charge is 0.381 e. The number of nitrogens with one attached hydrogen (secondary N) is 1. The van der Waals surface area contributed by atoms with Crippen molar-refractivity contribution in [2.75, 3.05) is 17.6 Å². The molecule has 0 aliphatic heterocycles. The van der Waals surface area contributed by atoms with Gasteiger partial charge in [-0.15, -0.1) is 11.3 Å². The molecule has 84 valence electrons. The van der Waals surface area contributed by atoms with Crippen LogP contribution in [-0.2, 0) is 0 Å². The molecular formula is C10H13N5S. The van der Waals surface area contributed by atoms with Gasteiger partial charge in [0.1, 0.15) is 0 Å². The third kappa shape index (κ3) is 2.46. The highest BCUT2D eigenvalue weighted by molar-refractivity contribution is 7.09. The van der Waals surface area contributed by atoms with E-state index in [2.05, 4.69) is 27.2 Å². The molecule has 0 spiro atoms. The molecule has 2 aromatic heterocycles. The molecule has 0 saturated carbocycles. The minimum Gasteiger partial charge on any atom is -0.381 e. The molecule has 3 N–H and O–H groups in total. The second-order valence-corrected chi connectivity index (χ2v) is 4.37. The number of nitrogens with two attached hydrogens (primary N) is 1. The van der Waals surface area contributed by atoms with Crippen LogP contribution in [0.1, 0.15) is 17.8 Å². The van der Waals surface area contributed by atoms with Gasteiger partial charge in [-0.05, 0) is 0 Å². The molecule has 5 nitrogen and oxygen atoms in total. The Kier molecular flexibility index (Phi) is 3.31. The molecule has 0 amide bonds. The van der Waals surface area contributed by atoms with Crippen LogP contribution >= 0.6 is 11.3 Å². The number of aromatic nitrogens is 3. The van der Waals surface area contributed by atoms with Crippen molar-refractivity contribution in [3.63, 3.8) is 0 Å². The van der Waals surface area contributed by atoms with Gasteiger partial charge >= 0.3 is 0 Å². The molecule has 0 radical (unpaired) electrons. The monoisotopic (exact) mass is 235 g/mol. The van der Waals surface area contributed by atoms with Crippen molar-refractivity contribution in [1.82, 2.24) is 15.0 Å². The van der Waals surface area contributed by atoms with Gasteiger partial charge < -0.3 is 11.1 Å². The summed E-state index contributed by atoms with van der Waals surface area (Å²) in [7, 11) is 0. The first-order valence-electron chi connectivity index (χ1n) is 4.97. The average molecular weight is 235 g/mol. The van der Waals surface area contributed by atoms with E-state index in [4.69, 9.17) is 5.73 Å². The Morgan fingerprint density at radius 1 is 1.31 bits per heavy atom. The maximum atomic E-state index is 5.68. The van der Waals surface area contributed by atoms with Crippen molar-refractivity contribution in [3.05, 3.63) is 29.0 Å². The lowest BCUT2D eigenvalue weighted by Gasteiger charge is -2.11. The Balaban J connectivity index is 1.95. The summed E-state index contributed by atoms with van der Waals surface area (Å²) in [5, 5.41) is 6.25. The predicted octanol–water partition coefficient (Wildman–Crippen LogP) is 1.73. The smallest absolute Gasteiger partial charge is 0.168 e. The fourth-order valence-electron chi connectivity index (χ4n) is 1.30. The number of thiazole rings is 1. The molecule has 1 atom stereocenters. The third-order valence-corrected chi connectivity index (χ3v) is 3.18. The van der Waals surface area contributed by atoms with Gasteiger partial charge in [0, 0.05) is 36.4 Å². The Morgan fingerprint density at radius 3 is 2.81 bits per heavy atom. The number of hydrogen-bond acceptors (Lipinski definition) is 6. The van der Waals surface area contributed by atoms with Gasteiger partial charge in [-0.25, -0.2) is 15.0 Å². The van der Waals surface area contributed by atoms with Crippen molar-refractivity contribution < 1.29 is 0 Å². The summed E-state index contributed by atoms with van der Waals surface area (Å²) in [6.07, 6.45) is 5.00. The third-order valence-electron chi connectivity index (χ3n) is 2.18. The minimum atomic E-state index is 0.335. The molecule has 0 bridgehead atoms. The highest BCUT2D eigenvalue weighted by Crippen LogP contribution is 2.18. The summed E-state index contributed by atoms with van der Waals surface area (Å²) in [5.74, 6) is 1.39. The van der Waals surface area contributed by atoms with E-state index in [0.29, 0.717) is 17.6 Å². The second kappa shape index (κ2) is 4.89. The van der Waals surface area contributed by atoms with E-state index in [-0.39, 0.29) is 0 Å². The topological polar surface area (TPSA) is 76.7 Å². The maximum absolute atomic E-state index is 5.68. The predicted molar refractivity (Wildman–Crippen MR) is 65.5 cm³/mol. The van der Waals surface area contributed by atoms with Crippen LogP contribution in [-0.4, -0.2) is 21.5 Å². The first-order chi connectivity index (χ1) is 7.77. The molecule has 0 aromatic carbocycles. The van der Waals surface area contributed by atoms with Crippen LogP contribution in [0.15, 0.2) is 24.0 Å². The van der Waals surface area contributed by atoms with E-state index < -0.39 is 0 Å². The van der Waals surface area contributed by atoms with Crippen molar-refractivity contribution >= 4 is 23.0 Å². The van der Waals surface area contributed by atoms with Crippen LogP contribution in [0.2, 0.25) is 0 Å². The lowest BCUT2D eigenvalue weighted by Crippen LogP contribution is -2.12. The Morgan fingerprint density at radius 2 is 2.12 bits per heavy atom. The van der Waals surface area contributed by atoms with Gasteiger partial charge in [0.15, 0.2) is 11.6 Å². The lowest BCUT2D eigenvalue weighted by atomic mass is 10.2. The molecule has 0 fully saturated rings. The zero-order chi connectivity index (χ0) is 11.4. The SMILES string of the molecule is CC(CNc1nccnc1N)c1nccs1. The average Bonchev–Trinajstić information content (AvgIpc) is 2.81. The second-order valence-electron chi connectivity index (χ2n) is 3.44. The highest BCUT2D eigenvalue weighted by Gasteiger charge is 2.09. The number of hydrogen-bond donors (Lipinski definition) is 2. The molecule has 0 aliphatic rings. The number of anilines is 2. The van der Waals surface area contributed by atoms with E-state index in [9.17, 15) is 0 Å². The summed E-state index contributed by atoms with van der Waals surface area (Å²) >= 11 is 1.65. The van der Waals surface area contributed by atoms with Gasteiger partial charge in [0.05, 0.1) is 5.01 Å². The van der Waals surface area contributed by atoms with Gasteiger partial charge in [-0.2, -0.15) is 0 Å². The summed E-state index contributed by atoms with van der Waals surface area (Å²) in [6, 6.07) is 0.